The summed E-state index contributed by atoms with van der Waals surface area (Å²) in [5.74, 6) is 0.955. The Morgan fingerprint density at radius 3 is 2.60 bits per heavy atom. The highest BCUT2D eigenvalue weighted by Crippen LogP contribution is 1.99. The van der Waals surface area contributed by atoms with Gasteiger partial charge in [-0.05, 0) is 39.9 Å². The summed E-state index contributed by atoms with van der Waals surface area (Å²) in [7, 11) is 2.21. The molecule has 1 rings (SSSR count). The van der Waals surface area contributed by atoms with Gasteiger partial charge in [-0.3, -0.25) is 4.99 Å². The molecule has 1 aliphatic rings. The number of halogens is 1. The maximum Gasteiger partial charge on any atom is 0.191 e. The van der Waals surface area contributed by atoms with Crippen LogP contribution in [0.2, 0.25) is 0 Å². The molecule has 0 saturated carbocycles. The van der Waals surface area contributed by atoms with Crippen LogP contribution < -0.4 is 10.6 Å². The van der Waals surface area contributed by atoms with Crippen molar-refractivity contribution in [3.63, 3.8) is 0 Å². The van der Waals surface area contributed by atoms with Gasteiger partial charge < -0.3 is 20.4 Å². The largest absolute Gasteiger partial charge is 0.357 e. The maximum absolute atomic E-state index is 4.51. The van der Waals surface area contributed by atoms with Crippen molar-refractivity contribution in [2.45, 2.75) is 26.7 Å². The van der Waals surface area contributed by atoms with Crippen molar-refractivity contribution in [1.29, 1.82) is 0 Å². The number of nitrogens with one attached hydrogen (secondary N) is 2. The Labute approximate surface area is 141 Å². The first-order valence-corrected chi connectivity index (χ1v) is 7.69. The Morgan fingerprint density at radius 1 is 1.10 bits per heavy atom. The molecule has 0 bridgehead atoms. The second-order valence-electron chi connectivity index (χ2n) is 5.19. The summed E-state index contributed by atoms with van der Waals surface area (Å²) in [6, 6.07) is 0. The van der Waals surface area contributed by atoms with Gasteiger partial charge in [0.1, 0.15) is 0 Å². The molecule has 0 aromatic heterocycles. The Kier molecular flexibility index (Phi) is 12.6. The quantitative estimate of drug-likeness (QED) is 0.402. The fourth-order valence-electron chi connectivity index (χ4n) is 2.22. The molecule has 1 aliphatic heterocycles. The number of aliphatic imine (C=N–C) groups is 1. The van der Waals surface area contributed by atoms with E-state index in [0.29, 0.717) is 0 Å². The lowest BCUT2D eigenvalue weighted by atomic mass is 10.4. The molecule has 1 heterocycles. The third kappa shape index (κ3) is 8.97. The molecule has 20 heavy (non-hydrogen) atoms. The third-order valence-electron chi connectivity index (χ3n) is 3.37. The lowest BCUT2D eigenvalue weighted by Crippen LogP contribution is -2.42. The summed E-state index contributed by atoms with van der Waals surface area (Å²) in [5.41, 5.74) is 0. The molecule has 1 saturated heterocycles. The molecular formula is C14H32IN5. The molecule has 120 valence electrons. The van der Waals surface area contributed by atoms with E-state index in [-0.39, 0.29) is 24.0 Å². The Morgan fingerprint density at radius 2 is 1.90 bits per heavy atom. The molecule has 0 amide bonds. The highest BCUT2D eigenvalue weighted by molar-refractivity contribution is 14.0. The van der Waals surface area contributed by atoms with Gasteiger partial charge in [0.25, 0.3) is 0 Å². The molecule has 0 spiro atoms. The standard InChI is InChI=1S/C14H31N5.HI/c1-4-7-16-14(15-5-2)17-8-11-19-10-6-9-18(3)12-13-19;/h4-13H2,1-3H3,(H2,15,16,17);1H. The average molecular weight is 397 g/mol. The van der Waals surface area contributed by atoms with E-state index in [2.05, 4.69) is 46.3 Å². The van der Waals surface area contributed by atoms with Gasteiger partial charge in [0.05, 0.1) is 0 Å². The normalized spacial score (nSPS) is 18.2. The average Bonchev–Trinajstić information content (AvgIpc) is 2.61. The molecule has 0 aliphatic carbocycles. The van der Waals surface area contributed by atoms with Crippen molar-refractivity contribution in [2.75, 3.05) is 59.4 Å². The third-order valence-corrected chi connectivity index (χ3v) is 3.37. The van der Waals surface area contributed by atoms with Crippen LogP contribution in [0.3, 0.4) is 0 Å². The predicted molar refractivity (Wildman–Crippen MR) is 98.2 cm³/mol. The minimum atomic E-state index is 0. The summed E-state index contributed by atoms with van der Waals surface area (Å²) >= 11 is 0. The minimum Gasteiger partial charge on any atom is -0.357 e. The lowest BCUT2D eigenvalue weighted by molar-refractivity contribution is 0.280. The van der Waals surface area contributed by atoms with Crippen LogP contribution in [0.5, 0.6) is 0 Å². The van der Waals surface area contributed by atoms with Crippen LogP contribution in [0.15, 0.2) is 4.99 Å². The summed E-state index contributed by atoms with van der Waals surface area (Å²) in [6.45, 7) is 13.0. The fraction of sp³-hybridized carbons (Fsp3) is 0.929. The van der Waals surface area contributed by atoms with Crippen molar-refractivity contribution in [3.05, 3.63) is 0 Å². The summed E-state index contributed by atoms with van der Waals surface area (Å²) in [5, 5.41) is 6.70. The van der Waals surface area contributed by atoms with E-state index in [9.17, 15) is 0 Å². The van der Waals surface area contributed by atoms with Gasteiger partial charge in [0.15, 0.2) is 5.96 Å². The fourth-order valence-corrected chi connectivity index (χ4v) is 2.22. The number of hydrogen-bond donors (Lipinski definition) is 2. The molecule has 0 aromatic carbocycles. The van der Waals surface area contributed by atoms with Crippen LogP contribution in [0.25, 0.3) is 0 Å². The minimum absolute atomic E-state index is 0. The lowest BCUT2D eigenvalue weighted by Gasteiger charge is -2.21. The zero-order valence-electron chi connectivity index (χ0n) is 13.3. The molecule has 1 fully saturated rings. The van der Waals surface area contributed by atoms with Gasteiger partial charge in [0.2, 0.25) is 0 Å². The SMILES string of the molecule is CCCN=C(NCC)NCCN1CCCN(C)CC1.I. The monoisotopic (exact) mass is 397 g/mol. The van der Waals surface area contributed by atoms with Crippen LogP contribution in [0.1, 0.15) is 26.7 Å². The van der Waals surface area contributed by atoms with Crippen LogP contribution in [0, 0.1) is 0 Å². The van der Waals surface area contributed by atoms with Gasteiger partial charge in [-0.2, -0.15) is 0 Å². The number of guanidine groups is 1. The molecule has 5 nitrogen and oxygen atoms in total. The van der Waals surface area contributed by atoms with Crippen molar-refractivity contribution in [1.82, 2.24) is 20.4 Å². The first kappa shape index (κ1) is 19.9. The number of nitrogens with zero attached hydrogens (tertiary/aromatic N) is 3. The van der Waals surface area contributed by atoms with E-state index in [4.69, 9.17) is 0 Å². The molecular weight excluding hydrogens is 365 g/mol. The number of rotatable bonds is 6. The van der Waals surface area contributed by atoms with Crippen molar-refractivity contribution in [3.8, 4) is 0 Å². The van der Waals surface area contributed by atoms with Crippen molar-refractivity contribution < 1.29 is 0 Å². The van der Waals surface area contributed by atoms with E-state index < -0.39 is 0 Å². The zero-order chi connectivity index (χ0) is 13.9. The number of hydrogen-bond acceptors (Lipinski definition) is 3. The summed E-state index contributed by atoms with van der Waals surface area (Å²) in [6.07, 6.45) is 2.37. The number of likely N-dealkylation sites (N-methyl/N-ethyl adjacent to an activating group) is 1. The van der Waals surface area contributed by atoms with Crippen LogP contribution in [-0.2, 0) is 0 Å². The molecule has 6 heteroatoms. The van der Waals surface area contributed by atoms with Gasteiger partial charge >= 0.3 is 0 Å². The van der Waals surface area contributed by atoms with Gasteiger partial charge in [0, 0.05) is 39.3 Å². The van der Waals surface area contributed by atoms with Gasteiger partial charge in [-0.15, -0.1) is 24.0 Å². The highest BCUT2D eigenvalue weighted by Gasteiger charge is 2.11. The second kappa shape index (κ2) is 12.6. The first-order valence-electron chi connectivity index (χ1n) is 7.69. The van der Waals surface area contributed by atoms with Gasteiger partial charge in [-0.1, -0.05) is 6.92 Å². The van der Waals surface area contributed by atoms with Crippen molar-refractivity contribution >= 4 is 29.9 Å². The van der Waals surface area contributed by atoms with Gasteiger partial charge in [-0.25, -0.2) is 0 Å². The molecule has 0 atom stereocenters. The summed E-state index contributed by atoms with van der Waals surface area (Å²) < 4.78 is 0. The molecule has 0 radical (unpaired) electrons. The molecule has 0 unspecified atom stereocenters. The van der Waals surface area contributed by atoms with E-state index in [1.807, 2.05) is 0 Å². The van der Waals surface area contributed by atoms with E-state index in [1.54, 1.807) is 0 Å². The van der Waals surface area contributed by atoms with Crippen LogP contribution in [-0.4, -0.2) is 75.2 Å². The first-order chi connectivity index (χ1) is 9.26. The smallest absolute Gasteiger partial charge is 0.191 e. The van der Waals surface area contributed by atoms with E-state index in [0.717, 1.165) is 38.6 Å². The van der Waals surface area contributed by atoms with Crippen LogP contribution in [0.4, 0.5) is 0 Å². The van der Waals surface area contributed by atoms with Crippen LogP contribution >= 0.6 is 24.0 Å². The second-order valence-corrected chi connectivity index (χ2v) is 5.19. The predicted octanol–water partition coefficient (Wildman–Crippen LogP) is 1.21. The van der Waals surface area contributed by atoms with E-state index in [1.165, 1.54) is 32.6 Å². The Bertz CT molecular complexity index is 260. The highest BCUT2D eigenvalue weighted by atomic mass is 127. The zero-order valence-corrected chi connectivity index (χ0v) is 15.7. The van der Waals surface area contributed by atoms with E-state index >= 15 is 0 Å². The Hall–Kier alpha value is -0.0800. The molecule has 0 aromatic rings. The maximum atomic E-state index is 4.51. The summed E-state index contributed by atoms with van der Waals surface area (Å²) in [4.78, 5) is 9.47. The van der Waals surface area contributed by atoms with Crippen molar-refractivity contribution in [2.24, 2.45) is 4.99 Å². The topological polar surface area (TPSA) is 42.9 Å². The Balaban J connectivity index is 0.00000361. The molecule has 2 N–H and O–H groups in total.